The number of rotatable bonds is 3. The molecule has 3 nitrogen and oxygen atoms in total. The van der Waals surface area contributed by atoms with Crippen LogP contribution >= 0.6 is 0 Å². The molecule has 2 atom stereocenters. The van der Waals surface area contributed by atoms with Gasteiger partial charge in [-0.2, -0.15) is 0 Å². The Morgan fingerprint density at radius 3 is 2.75 bits per heavy atom. The van der Waals surface area contributed by atoms with Gasteiger partial charge < -0.3 is 4.57 Å². The Morgan fingerprint density at radius 2 is 2.25 bits per heavy atom. The van der Waals surface area contributed by atoms with Crippen LogP contribution in [0.5, 0.6) is 0 Å². The first-order valence-electron chi connectivity index (χ1n) is 5.95. The molecule has 0 spiro atoms. The summed E-state index contributed by atoms with van der Waals surface area (Å²) in [5.74, 6) is 0.958. The van der Waals surface area contributed by atoms with Gasteiger partial charge in [0.15, 0.2) is 5.78 Å². The second-order valence-electron chi connectivity index (χ2n) is 5.11. The number of carbonyl (C=O) groups excluding carboxylic acids is 1. The Kier molecular flexibility index (Phi) is 3.15. The Labute approximate surface area is 97.1 Å². The molecule has 16 heavy (non-hydrogen) atoms. The van der Waals surface area contributed by atoms with Crippen molar-refractivity contribution in [2.45, 2.75) is 26.3 Å². The third kappa shape index (κ3) is 2.35. The maximum atomic E-state index is 12.0. The third-order valence-electron chi connectivity index (χ3n) is 3.41. The van der Waals surface area contributed by atoms with Gasteiger partial charge in [0.1, 0.15) is 0 Å². The molecular formula is C13H20N2O. The van der Waals surface area contributed by atoms with E-state index in [0.717, 1.165) is 18.0 Å². The number of aryl methyl sites for hydroxylation is 1. The maximum absolute atomic E-state index is 12.0. The number of hydrogen-bond acceptors (Lipinski definition) is 2. The van der Waals surface area contributed by atoms with E-state index in [1.807, 2.05) is 30.1 Å². The lowest BCUT2D eigenvalue weighted by Crippen LogP contribution is -2.32. The first kappa shape index (κ1) is 11.4. The Balaban J connectivity index is 1.97. The highest BCUT2D eigenvalue weighted by atomic mass is 16.1. The number of likely N-dealkylation sites (tertiary alicyclic amines) is 1. The van der Waals surface area contributed by atoms with Crippen LogP contribution in [0.4, 0.5) is 0 Å². The highest BCUT2D eigenvalue weighted by molar-refractivity contribution is 5.97. The smallest absolute Gasteiger partial charge is 0.178 e. The van der Waals surface area contributed by atoms with Gasteiger partial charge in [0.2, 0.25) is 0 Å². The van der Waals surface area contributed by atoms with Gasteiger partial charge in [-0.05, 0) is 25.3 Å². The van der Waals surface area contributed by atoms with E-state index in [9.17, 15) is 4.79 Å². The topological polar surface area (TPSA) is 25.2 Å². The van der Waals surface area contributed by atoms with Gasteiger partial charge >= 0.3 is 0 Å². The number of nitrogens with zero attached hydrogens (tertiary/aromatic N) is 2. The molecule has 1 aliphatic rings. The summed E-state index contributed by atoms with van der Waals surface area (Å²) in [5, 5.41) is 0. The third-order valence-corrected chi connectivity index (χ3v) is 3.41. The van der Waals surface area contributed by atoms with Crippen LogP contribution in [-0.4, -0.2) is 34.4 Å². The molecule has 0 aliphatic carbocycles. The van der Waals surface area contributed by atoms with Crippen LogP contribution in [0.15, 0.2) is 18.5 Å². The van der Waals surface area contributed by atoms with E-state index in [4.69, 9.17) is 0 Å². The minimum absolute atomic E-state index is 0.238. The SMILES string of the molecule is CC1CC(C)N(CC(=O)c2ccn(C)c2)C1. The van der Waals surface area contributed by atoms with Crippen LogP contribution in [0.25, 0.3) is 0 Å². The van der Waals surface area contributed by atoms with Gasteiger partial charge in [0.05, 0.1) is 6.54 Å². The fourth-order valence-corrected chi connectivity index (χ4v) is 2.55. The maximum Gasteiger partial charge on any atom is 0.178 e. The summed E-state index contributed by atoms with van der Waals surface area (Å²) in [6.45, 7) is 6.08. The average molecular weight is 220 g/mol. The average Bonchev–Trinajstić information content (AvgIpc) is 2.74. The van der Waals surface area contributed by atoms with E-state index < -0.39 is 0 Å². The minimum Gasteiger partial charge on any atom is -0.357 e. The summed E-state index contributed by atoms with van der Waals surface area (Å²) < 4.78 is 1.92. The molecule has 0 bridgehead atoms. The lowest BCUT2D eigenvalue weighted by atomic mass is 10.1. The number of Topliss-reactive ketones (excluding diaryl/α,β-unsaturated/α-hetero) is 1. The standard InChI is InChI=1S/C13H20N2O/c1-10-6-11(2)15(7-10)9-13(16)12-4-5-14(3)8-12/h4-5,8,10-11H,6-7,9H2,1-3H3. The minimum atomic E-state index is 0.238. The number of ketones is 1. The van der Waals surface area contributed by atoms with E-state index in [1.54, 1.807) is 0 Å². The Morgan fingerprint density at radius 1 is 1.50 bits per heavy atom. The molecule has 2 rings (SSSR count). The van der Waals surface area contributed by atoms with E-state index >= 15 is 0 Å². The molecule has 0 radical (unpaired) electrons. The first-order valence-corrected chi connectivity index (χ1v) is 5.95. The van der Waals surface area contributed by atoms with Crippen molar-refractivity contribution in [2.75, 3.05) is 13.1 Å². The number of aromatic nitrogens is 1. The van der Waals surface area contributed by atoms with Crippen LogP contribution in [0, 0.1) is 5.92 Å². The Hall–Kier alpha value is -1.09. The molecule has 0 amide bonds. The van der Waals surface area contributed by atoms with Crippen molar-refractivity contribution in [3.05, 3.63) is 24.0 Å². The zero-order valence-electron chi connectivity index (χ0n) is 10.3. The molecule has 1 aromatic heterocycles. The summed E-state index contributed by atoms with van der Waals surface area (Å²) in [6.07, 6.45) is 5.03. The number of carbonyl (C=O) groups is 1. The first-order chi connectivity index (χ1) is 7.56. The van der Waals surface area contributed by atoms with Crippen molar-refractivity contribution < 1.29 is 4.79 Å². The number of hydrogen-bond donors (Lipinski definition) is 0. The molecule has 88 valence electrons. The molecule has 1 fully saturated rings. The molecule has 3 heteroatoms. The molecule has 1 aromatic rings. The van der Waals surface area contributed by atoms with Crippen molar-refractivity contribution in [2.24, 2.45) is 13.0 Å². The Bertz CT molecular complexity index is 383. The zero-order chi connectivity index (χ0) is 11.7. The van der Waals surface area contributed by atoms with Crippen molar-refractivity contribution in [3.8, 4) is 0 Å². The van der Waals surface area contributed by atoms with Gasteiger partial charge in [0, 0.05) is 37.6 Å². The summed E-state index contributed by atoms with van der Waals surface area (Å²) in [6, 6.07) is 2.44. The van der Waals surface area contributed by atoms with Gasteiger partial charge in [-0.3, -0.25) is 9.69 Å². The molecule has 1 saturated heterocycles. The summed E-state index contributed by atoms with van der Waals surface area (Å²) >= 11 is 0. The van der Waals surface area contributed by atoms with Crippen LogP contribution in [-0.2, 0) is 7.05 Å². The van der Waals surface area contributed by atoms with Gasteiger partial charge in [-0.1, -0.05) is 6.92 Å². The van der Waals surface area contributed by atoms with Gasteiger partial charge in [-0.25, -0.2) is 0 Å². The lowest BCUT2D eigenvalue weighted by Gasteiger charge is -2.19. The van der Waals surface area contributed by atoms with Crippen molar-refractivity contribution in [1.29, 1.82) is 0 Å². The predicted molar refractivity (Wildman–Crippen MR) is 64.6 cm³/mol. The fraction of sp³-hybridized carbons (Fsp3) is 0.615. The highest BCUT2D eigenvalue weighted by Gasteiger charge is 2.27. The van der Waals surface area contributed by atoms with Crippen LogP contribution in [0.2, 0.25) is 0 Å². The zero-order valence-corrected chi connectivity index (χ0v) is 10.3. The monoisotopic (exact) mass is 220 g/mol. The van der Waals surface area contributed by atoms with Gasteiger partial charge in [-0.15, -0.1) is 0 Å². The van der Waals surface area contributed by atoms with E-state index in [-0.39, 0.29) is 5.78 Å². The summed E-state index contributed by atoms with van der Waals surface area (Å²) in [5.41, 5.74) is 0.828. The predicted octanol–water partition coefficient (Wildman–Crippen LogP) is 1.94. The molecule has 2 heterocycles. The highest BCUT2D eigenvalue weighted by Crippen LogP contribution is 2.22. The molecule has 0 N–H and O–H groups in total. The van der Waals surface area contributed by atoms with Crippen molar-refractivity contribution in [1.82, 2.24) is 9.47 Å². The second kappa shape index (κ2) is 4.42. The molecule has 2 unspecified atom stereocenters. The lowest BCUT2D eigenvalue weighted by molar-refractivity contribution is 0.0925. The molecular weight excluding hydrogens is 200 g/mol. The van der Waals surface area contributed by atoms with Crippen LogP contribution in [0.3, 0.4) is 0 Å². The normalized spacial score (nSPS) is 26.2. The van der Waals surface area contributed by atoms with E-state index in [2.05, 4.69) is 18.7 Å². The van der Waals surface area contributed by atoms with Crippen LogP contribution < -0.4 is 0 Å². The fourth-order valence-electron chi connectivity index (χ4n) is 2.55. The quantitative estimate of drug-likeness (QED) is 0.727. The summed E-state index contributed by atoms with van der Waals surface area (Å²) in [4.78, 5) is 14.3. The van der Waals surface area contributed by atoms with Gasteiger partial charge in [0.25, 0.3) is 0 Å². The van der Waals surface area contributed by atoms with Crippen LogP contribution in [0.1, 0.15) is 30.6 Å². The van der Waals surface area contributed by atoms with Crippen molar-refractivity contribution in [3.63, 3.8) is 0 Å². The second-order valence-corrected chi connectivity index (χ2v) is 5.11. The molecule has 0 aromatic carbocycles. The van der Waals surface area contributed by atoms with Crippen molar-refractivity contribution >= 4 is 5.78 Å². The molecule has 0 saturated carbocycles. The summed E-state index contributed by atoms with van der Waals surface area (Å²) in [7, 11) is 1.94. The largest absolute Gasteiger partial charge is 0.357 e. The molecule has 1 aliphatic heterocycles. The van der Waals surface area contributed by atoms with E-state index in [0.29, 0.717) is 12.6 Å². The van der Waals surface area contributed by atoms with E-state index in [1.165, 1.54) is 6.42 Å².